The molecule has 1 aromatic carbocycles. The van der Waals surface area contributed by atoms with Crippen LogP contribution in [0.4, 0.5) is 0 Å². The van der Waals surface area contributed by atoms with Gasteiger partial charge in [-0.15, -0.1) is 10.2 Å². The zero-order valence-electron chi connectivity index (χ0n) is 14.4. The lowest BCUT2D eigenvalue weighted by Gasteiger charge is -2.10. The van der Waals surface area contributed by atoms with E-state index in [4.69, 9.17) is 0 Å². The van der Waals surface area contributed by atoms with Crippen molar-refractivity contribution < 1.29 is 0 Å². The number of hydrogen-bond acceptors (Lipinski definition) is 5. The molecule has 0 saturated heterocycles. The summed E-state index contributed by atoms with van der Waals surface area (Å²) in [5.74, 6) is 1.61. The largest absolute Gasteiger partial charge is 0.296 e. The van der Waals surface area contributed by atoms with Gasteiger partial charge in [-0.3, -0.25) is 14.5 Å². The van der Waals surface area contributed by atoms with E-state index in [1.165, 1.54) is 9.13 Å². The molecule has 0 unspecified atom stereocenters. The molecule has 5 nitrogen and oxygen atoms in total. The summed E-state index contributed by atoms with van der Waals surface area (Å²) >= 11 is 4.00. The molecule has 134 valence electrons. The average Bonchev–Trinajstić information content (AvgIpc) is 3.11. The van der Waals surface area contributed by atoms with E-state index in [9.17, 15) is 0 Å². The molecule has 0 bridgehead atoms. The highest BCUT2D eigenvalue weighted by Gasteiger charge is 2.16. The fourth-order valence-corrected chi connectivity index (χ4v) is 3.88. The summed E-state index contributed by atoms with van der Waals surface area (Å²) in [5, 5.41) is 9.73. The van der Waals surface area contributed by atoms with Gasteiger partial charge in [-0.2, -0.15) is 0 Å². The molecule has 0 atom stereocenters. The number of hydrogen-bond donors (Lipinski definition) is 0. The Morgan fingerprint density at radius 3 is 2.52 bits per heavy atom. The summed E-state index contributed by atoms with van der Waals surface area (Å²) in [6, 6.07) is 18.4. The van der Waals surface area contributed by atoms with Gasteiger partial charge in [0, 0.05) is 27.9 Å². The summed E-state index contributed by atoms with van der Waals surface area (Å²) in [7, 11) is 0. The first-order valence-electron chi connectivity index (χ1n) is 8.40. The highest BCUT2D eigenvalue weighted by atomic mass is 127. The number of halogens is 1. The molecule has 4 rings (SSSR count). The van der Waals surface area contributed by atoms with E-state index in [0.29, 0.717) is 6.54 Å². The van der Waals surface area contributed by atoms with Gasteiger partial charge in [0.2, 0.25) is 0 Å². The highest BCUT2D eigenvalue weighted by molar-refractivity contribution is 14.1. The van der Waals surface area contributed by atoms with E-state index in [1.54, 1.807) is 24.2 Å². The Kier molecular flexibility index (Phi) is 5.78. The van der Waals surface area contributed by atoms with Gasteiger partial charge < -0.3 is 0 Å². The van der Waals surface area contributed by atoms with Gasteiger partial charge in [0.25, 0.3) is 0 Å². The maximum Gasteiger partial charge on any atom is 0.192 e. The third-order valence-electron chi connectivity index (χ3n) is 3.96. The average molecular weight is 485 g/mol. The van der Waals surface area contributed by atoms with E-state index < -0.39 is 0 Å². The fourth-order valence-electron chi connectivity index (χ4n) is 2.63. The number of benzene rings is 1. The lowest BCUT2D eigenvalue weighted by molar-refractivity contribution is 0.711. The van der Waals surface area contributed by atoms with Crippen molar-refractivity contribution in [3.05, 3.63) is 87.9 Å². The number of thioether (sulfide) groups is 1. The van der Waals surface area contributed by atoms with Gasteiger partial charge in [0.05, 0.1) is 6.54 Å². The summed E-state index contributed by atoms with van der Waals surface area (Å²) in [6.45, 7) is 0.655. The second-order valence-corrected chi connectivity index (χ2v) is 8.07. The minimum atomic E-state index is 0.655. The normalized spacial score (nSPS) is 10.9. The van der Waals surface area contributed by atoms with Crippen molar-refractivity contribution in [2.24, 2.45) is 0 Å². The third-order valence-corrected chi connectivity index (χ3v) is 5.71. The van der Waals surface area contributed by atoms with Crippen LogP contribution in [0.15, 0.2) is 78.3 Å². The van der Waals surface area contributed by atoms with Gasteiger partial charge in [-0.05, 0) is 64.0 Å². The third kappa shape index (κ3) is 4.54. The molecule has 27 heavy (non-hydrogen) atoms. The molecule has 3 aromatic heterocycles. The van der Waals surface area contributed by atoms with Crippen LogP contribution in [0.3, 0.4) is 0 Å². The van der Waals surface area contributed by atoms with Gasteiger partial charge in [0.15, 0.2) is 11.0 Å². The predicted octanol–water partition coefficient (Wildman–Crippen LogP) is 4.68. The molecule has 0 fully saturated rings. The van der Waals surface area contributed by atoms with Crippen molar-refractivity contribution in [3.8, 4) is 11.5 Å². The molecule has 3 heterocycles. The highest BCUT2D eigenvalue weighted by Crippen LogP contribution is 2.26. The summed E-state index contributed by atoms with van der Waals surface area (Å²) in [5.41, 5.74) is 3.18. The van der Waals surface area contributed by atoms with Crippen molar-refractivity contribution in [2.75, 3.05) is 0 Å². The quantitative estimate of drug-likeness (QED) is 0.293. The molecule has 0 radical (unpaired) electrons. The first-order valence-corrected chi connectivity index (χ1v) is 10.5. The van der Waals surface area contributed by atoms with Gasteiger partial charge in [0.1, 0.15) is 5.69 Å². The molecule has 0 spiro atoms. The molecule has 0 aliphatic rings. The number of aromatic nitrogens is 5. The van der Waals surface area contributed by atoms with Crippen molar-refractivity contribution >= 4 is 34.4 Å². The maximum absolute atomic E-state index is 4.44. The molecule has 0 amide bonds. The Hall–Kier alpha value is -2.26. The van der Waals surface area contributed by atoms with E-state index >= 15 is 0 Å². The van der Waals surface area contributed by atoms with Crippen LogP contribution < -0.4 is 0 Å². The standard InChI is InChI=1S/C20H16IN5S/c21-17-8-6-15(7-9-17)14-27-20-25-24-19(18-5-1-2-11-23-18)26(20)13-16-4-3-10-22-12-16/h1-12H,13-14H2. The van der Waals surface area contributed by atoms with Crippen LogP contribution in [-0.4, -0.2) is 24.7 Å². The molecule has 0 N–H and O–H groups in total. The summed E-state index contributed by atoms with van der Waals surface area (Å²) < 4.78 is 3.34. The van der Waals surface area contributed by atoms with E-state index in [1.807, 2.05) is 30.5 Å². The van der Waals surface area contributed by atoms with Crippen LogP contribution in [-0.2, 0) is 12.3 Å². The molecular weight excluding hydrogens is 469 g/mol. The topological polar surface area (TPSA) is 56.5 Å². The number of pyridine rings is 2. The molecule has 0 aliphatic heterocycles. The first-order chi connectivity index (χ1) is 13.3. The Labute approximate surface area is 175 Å². The van der Waals surface area contributed by atoms with E-state index in [0.717, 1.165) is 28.0 Å². The molecule has 0 aliphatic carbocycles. The van der Waals surface area contributed by atoms with Crippen molar-refractivity contribution in [1.82, 2.24) is 24.7 Å². The zero-order chi connectivity index (χ0) is 18.5. The van der Waals surface area contributed by atoms with E-state index in [-0.39, 0.29) is 0 Å². The zero-order valence-corrected chi connectivity index (χ0v) is 17.3. The van der Waals surface area contributed by atoms with Crippen molar-refractivity contribution in [2.45, 2.75) is 17.5 Å². The predicted molar refractivity (Wildman–Crippen MR) is 115 cm³/mol. The van der Waals surface area contributed by atoms with Gasteiger partial charge in [-0.25, -0.2) is 0 Å². The number of nitrogens with zero attached hydrogens (tertiary/aromatic N) is 5. The SMILES string of the molecule is Ic1ccc(CSc2nnc(-c3ccccn3)n2Cc2cccnc2)cc1. The lowest BCUT2D eigenvalue weighted by atomic mass is 10.2. The molecule has 4 aromatic rings. The molecular formula is C20H16IN5S. The van der Waals surface area contributed by atoms with Crippen LogP contribution in [0.25, 0.3) is 11.5 Å². The van der Waals surface area contributed by atoms with Crippen molar-refractivity contribution in [1.29, 1.82) is 0 Å². The Bertz CT molecular complexity index is 1000. The van der Waals surface area contributed by atoms with Crippen molar-refractivity contribution in [3.63, 3.8) is 0 Å². The monoisotopic (exact) mass is 485 g/mol. The minimum Gasteiger partial charge on any atom is -0.296 e. The fraction of sp³-hybridized carbons (Fsp3) is 0.100. The Morgan fingerprint density at radius 2 is 1.78 bits per heavy atom. The molecule has 0 saturated carbocycles. The number of rotatable bonds is 6. The van der Waals surface area contributed by atoms with Crippen LogP contribution in [0.1, 0.15) is 11.1 Å². The van der Waals surface area contributed by atoms with Gasteiger partial charge in [-0.1, -0.05) is 36.0 Å². The van der Waals surface area contributed by atoms with Gasteiger partial charge >= 0.3 is 0 Å². The van der Waals surface area contributed by atoms with Crippen LogP contribution in [0.2, 0.25) is 0 Å². The Balaban J connectivity index is 1.64. The second-order valence-electron chi connectivity index (χ2n) is 5.88. The van der Waals surface area contributed by atoms with Crippen LogP contribution >= 0.6 is 34.4 Å². The Morgan fingerprint density at radius 1 is 0.889 bits per heavy atom. The lowest BCUT2D eigenvalue weighted by Crippen LogP contribution is -2.05. The summed E-state index contributed by atoms with van der Waals surface area (Å²) in [4.78, 5) is 8.67. The van der Waals surface area contributed by atoms with Crippen LogP contribution in [0, 0.1) is 3.57 Å². The first kappa shape index (κ1) is 18.1. The molecule has 7 heteroatoms. The second kappa shape index (κ2) is 8.62. The maximum atomic E-state index is 4.44. The van der Waals surface area contributed by atoms with E-state index in [2.05, 4.69) is 77.7 Å². The summed E-state index contributed by atoms with van der Waals surface area (Å²) in [6.07, 6.45) is 5.42. The van der Waals surface area contributed by atoms with Crippen LogP contribution in [0.5, 0.6) is 0 Å². The minimum absolute atomic E-state index is 0.655. The smallest absolute Gasteiger partial charge is 0.192 e.